The normalized spacial score (nSPS) is 18.3. The number of nitrogens with zero attached hydrogens (tertiary/aromatic N) is 5. The molecule has 0 aliphatic carbocycles. The number of piperazine rings is 1. The number of hydrogen-bond donors (Lipinski definition) is 2. The maximum Gasteiger partial charge on any atom is 0.227 e. The van der Waals surface area contributed by atoms with Crippen molar-refractivity contribution >= 4 is 17.6 Å². The van der Waals surface area contributed by atoms with Crippen LogP contribution in [-0.4, -0.2) is 58.3 Å². The third-order valence-electron chi connectivity index (χ3n) is 4.31. The number of H-pyrrole nitrogens is 1. The van der Waals surface area contributed by atoms with Crippen molar-refractivity contribution < 1.29 is 4.74 Å². The maximum absolute atomic E-state index is 5.56. The van der Waals surface area contributed by atoms with Gasteiger partial charge in [-0.3, -0.25) is 5.10 Å². The van der Waals surface area contributed by atoms with Crippen LogP contribution in [0.2, 0.25) is 0 Å². The van der Waals surface area contributed by atoms with Crippen LogP contribution in [-0.2, 0) is 18.0 Å². The van der Waals surface area contributed by atoms with Gasteiger partial charge in [0.25, 0.3) is 0 Å². The zero-order valence-electron chi connectivity index (χ0n) is 13.5. The highest BCUT2D eigenvalue weighted by atomic mass is 16.5. The molecule has 23 heavy (non-hydrogen) atoms. The minimum Gasteiger partial charge on any atom is -0.370 e. The van der Waals surface area contributed by atoms with Crippen LogP contribution in [0.1, 0.15) is 17.0 Å². The Morgan fingerprint density at radius 3 is 2.74 bits per heavy atom. The second kappa shape index (κ2) is 5.78. The molecule has 2 aromatic rings. The third kappa shape index (κ3) is 2.87. The molecule has 0 aromatic carbocycles. The molecule has 0 spiro atoms. The summed E-state index contributed by atoms with van der Waals surface area (Å²) in [5.41, 5.74) is 2.96. The van der Waals surface area contributed by atoms with E-state index in [9.17, 15) is 0 Å². The van der Waals surface area contributed by atoms with Crippen LogP contribution in [0.5, 0.6) is 0 Å². The van der Waals surface area contributed by atoms with Crippen LogP contribution in [0.15, 0.2) is 6.07 Å². The number of aromatic nitrogens is 4. The van der Waals surface area contributed by atoms with Crippen LogP contribution < -0.4 is 10.2 Å². The van der Waals surface area contributed by atoms with Crippen molar-refractivity contribution in [3.8, 4) is 0 Å². The topological polar surface area (TPSA) is 82.2 Å². The summed E-state index contributed by atoms with van der Waals surface area (Å²) in [6.07, 6.45) is 0. The van der Waals surface area contributed by atoms with E-state index in [-0.39, 0.29) is 0 Å². The van der Waals surface area contributed by atoms with E-state index >= 15 is 0 Å². The fraction of sp³-hybridized carbons (Fsp3) is 0.533. The summed E-state index contributed by atoms with van der Waals surface area (Å²) in [5.74, 6) is 2.42. The zero-order chi connectivity index (χ0) is 15.8. The number of ether oxygens (including phenoxy) is 1. The Morgan fingerprint density at radius 1 is 1.17 bits per heavy atom. The van der Waals surface area contributed by atoms with E-state index in [0.717, 1.165) is 60.7 Å². The molecule has 122 valence electrons. The Labute approximate surface area is 134 Å². The maximum atomic E-state index is 5.56. The summed E-state index contributed by atoms with van der Waals surface area (Å²) in [4.78, 5) is 14.0. The monoisotopic (exact) mass is 315 g/mol. The van der Waals surface area contributed by atoms with Crippen molar-refractivity contribution in [2.75, 3.05) is 43.4 Å². The van der Waals surface area contributed by atoms with Gasteiger partial charge in [-0.25, -0.2) is 4.98 Å². The van der Waals surface area contributed by atoms with Gasteiger partial charge in [-0.2, -0.15) is 10.1 Å². The fourth-order valence-corrected chi connectivity index (χ4v) is 2.90. The van der Waals surface area contributed by atoms with Crippen LogP contribution in [0.4, 0.5) is 17.6 Å². The van der Waals surface area contributed by atoms with Crippen molar-refractivity contribution in [1.29, 1.82) is 0 Å². The molecular formula is C15H21N7O. The van der Waals surface area contributed by atoms with Gasteiger partial charge in [0.1, 0.15) is 11.6 Å². The minimum absolute atomic E-state index is 0.549. The largest absolute Gasteiger partial charge is 0.370 e. The summed E-state index contributed by atoms with van der Waals surface area (Å²) >= 11 is 0. The Hall–Kier alpha value is -2.19. The van der Waals surface area contributed by atoms with Crippen molar-refractivity contribution in [1.82, 2.24) is 25.1 Å². The Balaban J connectivity index is 1.64. The molecular weight excluding hydrogens is 294 g/mol. The average Bonchev–Trinajstić information content (AvgIpc) is 3.17. The number of nitrogens with one attached hydrogen (secondary N) is 2. The van der Waals surface area contributed by atoms with Crippen molar-refractivity contribution in [2.24, 2.45) is 0 Å². The molecule has 0 bridgehead atoms. The van der Waals surface area contributed by atoms with Crippen LogP contribution in [0, 0.1) is 6.92 Å². The number of fused-ring (bicyclic) bond motifs is 1. The molecule has 0 unspecified atom stereocenters. The van der Waals surface area contributed by atoms with Gasteiger partial charge in [0.15, 0.2) is 0 Å². The smallest absolute Gasteiger partial charge is 0.227 e. The van der Waals surface area contributed by atoms with Crippen molar-refractivity contribution in [3.05, 3.63) is 23.0 Å². The number of hydrogen-bond acceptors (Lipinski definition) is 7. The number of likely N-dealkylation sites (N-methyl/N-ethyl adjacent to an activating group) is 1. The molecule has 8 heteroatoms. The van der Waals surface area contributed by atoms with E-state index in [2.05, 4.69) is 32.4 Å². The summed E-state index contributed by atoms with van der Waals surface area (Å²) in [6.45, 7) is 6.99. The molecule has 2 aliphatic rings. The van der Waals surface area contributed by atoms with Gasteiger partial charge in [0.05, 0.1) is 24.6 Å². The van der Waals surface area contributed by atoms with Gasteiger partial charge in [0, 0.05) is 37.8 Å². The molecule has 0 radical (unpaired) electrons. The molecule has 0 amide bonds. The van der Waals surface area contributed by atoms with Gasteiger partial charge in [-0.1, -0.05) is 0 Å². The molecule has 0 atom stereocenters. The number of anilines is 3. The Bertz CT molecular complexity index is 706. The predicted octanol–water partition coefficient (Wildman–Crippen LogP) is 1.03. The molecule has 4 heterocycles. The Morgan fingerprint density at radius 2 is 2.00 bits per heavy atom. The highest BCUT2D eigenvalue weighted by Crippen LogP contribution is 2.29. The number of aryl methyl sites for hydroxylation is 1. The lowest BCUT2D eigenvalue weighted by Crippen LogP contribution is -2.45. The first-order valence-electron chi connectivity index (χ1n) is 7.89. The third-order valence-corrected chi connectivity index (χ3v) is 4.31. The predicted molar refractivity (Wildman–Crippen MR) is 86.8 cm³/mol. The molecule has 0 saturated carbocycles. The van der Waals surface area contributed by atoms with E-state index in [1.807, 2.05) is 13.0 Å². The second-order valence-electron chi connectivity index (χ2n) is 6.13. The zero-order valence-corrected chi connectivity index (χ0v) is 13.5. The first-order valence-corrected chi connectivity index (χ1v) is 7.89. The highest BCUT2D eigenvalue weighted by molar-refractivity contribution is 5.60. The fourth-order valence-electron chi connectivity index (χ4n) is 2.90. The van der Waals surface area contributed by atoms with Crippen LogP contribution in [0.25, 0.3) is 0 Å². The van der Waals surface area contributed by atoms with Crippen LogP contribution in [0.3, 0.4) is 0 Å². The standard InChI is InChI=1S/C15H21N7O/c1-10-7-13(20-19-10)17-14-11-8-23-9-12(11)16-15(18-14)22-5-3-21(2)4-6-22/h7H,3-6,8-9H2,1-2H3,(H2,16,17,18,19,20). The Kier molecular flexibility index (Phi) is 3.62. The number of aromatic amines is 1. The SMILES string of the molecule is Cc1cc(Nc2nc(N3CCN(C)CC3)nc3c2COC3)[nH]n1. The highest BCUT2D eigenvalue weighted by Gasteiger charge is 2.24. The summed E-state index contributed by atoms with van der Waals surface area (Å²) < 4.78 is 5.56. The number of rotatable bonds is 3. The van der Waals surface area contributed by atoms with Gasteiger partial charge in [0.2, 0.25) is 5.95 Å². The molecule has 2 aliphatic heterocycles. The quantitative estimate of drug-likeness (QED) is 0.875. The molecule has 8 nitrogen and oxygen atoms in total. The van der Waals surface area contributed by atoms with E-state index < -0.39 is 0 Å². The summed E-state index contributed by atoms with van der Waals surface area (Å²) in [6, 6.07) is 1.96. The lowest BCUT2D eigenvalue weighted by atomic mass is 10.2. The molecule has 2 aromatic heterocycles. The average molecular weight is 315 g/mol. The van der Waals surface area contributed by atoms with E-state index in [4.69, 9.17) is 14.7 Å². The first kappa shape index (κ1) is 14.4. The lowest BCUT2D eigenvalue weighted by molar-refractivity contribution is 0.133. The van der Waals surface area contributed by atoms with Crippen molar-refractivity contribution in [3.63, 3.8) is 0 Å². The molecule has 4 rings (SSSR count). The van der Waals surface area contributed by atoms with Gasteiger partial charge in [-0.15, -0.1) is 0 Å². The first-order chi connectivity index (χ1) is 11.2. The second-order valence-corrected chi connectivity index (χ2v) is 6.13. The molecule has 1 fully saturated rings. The van der Waals surface area contributed by atoms with Crippen LogP contribution >= 0.6 is 0 Å². The van der Waals surface area contributed by atoms with Gasteiger partial charge in [-0.05, 0) is 14.0 Å². The van der Waals surface area contributed by atoms with E-state index in [1.54, 1.807) is 0 Å². The lowest BCUT2D eigenvalue weighted by Gasteiger charge is -2.32. The summed E-state index contributed by atoms with van der Waals surface area (Å²) in [5, 5.41) is 10.4. The minimum atomic E-state index is 0.549. The molecule has 2 N–H and O–H groups in total. The summed E-state index contributed by atoms with van der Waals surface area (Å²) in [7, 11) is 2.14. The molecule has 1 saturated heterocycles. The van der Waals surface area contributed by atoms with E-state index in [0.29, 0.717) is 13.2 Å². The van der Waals surface area contributed by atoms with Crippen molar-refractivity contribution in [2.45, 2.75) is 20.1 Å². The van der Waals surface area contributed by atoms with Gasteiger partial charge < -0.3 is 19.9 Å². The van der Waals surface area contributed by atoms with Gasteiger partial charge >= 0.3 is 0 Å². The van der Waals surface area contributed by atoms with E-state index in [1.165, 1.54) is 0 Å².